The molecule has 0 radical (unpaired) electrons. The van der Waals surface area contributed by atoms with Gasteiger partial charge in [-0.25, -0.2) is 0 Å². The van der Waals surface area contributed by atoms with E-state index in [1.54, 1.807) is 0 Å². The van der Waals surface area contributed by atoms with E-state index in [-0.39, 0.29) is 12.3 Å². The minimum Gasteiger partial charge on any atom is -0.372 e. The molecule has 0 saturated heterocycles. The Morgan fingerprint density at radius 1 is 1.41 bits per heavy atom. The van der Waals surface area contributed by atoms with Crippen LogP contribution in [0.2, 0.25) is 0 Å². The van der Waals surface area contributed by atoms with E-state index in [1.165, 1.54) is 16.5 Å². The number of amides is 2. The number of nitrogens with zero attached hydrogens (tertiary/aromatic N) is 2. The van der Waals surface area contributed by atoms with Crippen molar-refractivity contribution in [3.63, 3.8) is 0 Å². The summed E-state index contributed by atoms with van der Waals surface area (Å²) in [5.41, 5.74) is 3.59. The molecule has 0 aliphatic carbocycles. The zero-order chi connectivity index (χ0) is 16.3. The topological polar surface area (TPSA) is 54.3 Å². The van der Waals surface area contributed by atoms with Crippen LogP contribution < -0.4 is 10.2 Å². The van der Waals surface area contributed by atoms with Gasteiger partial charge in [-0.2, -0.15) is 0 Å². The van der Waals surface area contributed by atoms with Crippen LogP contribution in [-0.4, -0.2) is 30.5 Å². The minimum absolute atomic E-state index is 0.260. The van der Waals surface area contributed by atoms with Crippen molar-refractivity contribution in [2.24, 2.45) is 7.05 Å². The zero-order valence-corrected chi connectivity index (χ0v) is 13.6. The normalized spacial score (nSPS) is 11.0. The lowest BCUT2D eigenvalue weighted by atomic mass is 10.0. The molecule has 118 valence electrons. The predicted octanol–water partition coefficient (Wildman–Crippen LogP) is 2.40. The van der Waals surface area contributed by atoms with E-state index in [1.807, 2.05) is 19.0 Å². The first-order chi connectivity index (χ1) is 10.4. The van der Waals surface area contributed by atoms with Gasteiger partial charge in [-0.15, -0.1) is 0 Å². The highest BCUT2D eigenvalue weighted by Gasteiger charge is 2.13. The summed E-state index contributed by atoms with van der Waals surface area (Å²) in [5, 5.41) is 3.33. The molecule has 1 aromatic heterocycles. The highest BCUT2D eigenvalue weighted by atomic mass is 16.2. The molecule has 0 aliphatic heterocycles. The molecule has 0 aliphatic rings. The Kier molecular flexibility index (Phi) is 4.85. The van der Waals surface area contributed by atoms with E-state index in [0.29, 0.717) is 18.9 Å². The van der Waals surface area contributed by atoms with Crippen molar-refractivity contribution in [1.29, 1.82) is 0 Å². The van der Waals surface area contributed by atoms with Crippen LogP contribution in [0, 0.1) is 0 Å². The van der Waals surface area contributed by atoms with E-state index in [0.717, 1.165) is 5.69 Å². The Hall–Kier alpha value is -2.30. The monoisotopic (exact) mass is 301 g/mol. The SMILES string of the molecule is CC(C)c1ccc2c(N(C)CCC(=O)NC=O)cn(C)c2c1. The third kappa shape index (κ3) is 3.30. The van der Waals surface area contributed by atoms with Crippen LogP contribution in [0.25, 0.3) is 10.9 Å². The second kappa shape index (κ2) is 6.64. The van der Waals surface area contributed by atoms with E-state index in [2.05, 4.69) is 48.1 Å². The van der Waals surface area contributed by atoms with Gasteiger partial charge in [0.2, 0.25) is 12.3 Å². The first-order valence-electron chi connectivity index (χ1n) is 7.47. The number of hydrogen-bond donors (Lipinski definition) is 1. The van der Waals surface area contributed by atoms with Gasteiger partial charge in [-0.1, -0.05) is 26.0 Å². The largest absolute Gasteiger partial charge is 0.372 e. The number of carbonyl (C=O) groups excluding carboxylic acids is 2. The molecule has 2 amide bonds. The standard InChI is InChI=1S/C17H23N3O2/c1-12(2)13-5-6-14-15(9-13)20(4)10-16(14)19(3)8-7-17(22)18-11-21/h5-6,9-12H,7-8H2,1-4H3,(H,18,21,22). The van der Waals surface area contributed by atoms with Crippen LogP contribution >= 0.6 is 0 Å². The highest BCUT2D eigenvalue weighted by Crippen LogP contribution is 2.30. The Morgan fingerprint density at radius 3 is 2.77 bits per heavy atom. The summed E-state index contributed by atoms with van der Waals surface area (Å²) < 4.78 is 2.11. The van der Waals surface area contributed by atoms with Crippen LogP contribution in [0.4, 0.5) is 5.69 Å². The van der Waals surface area contributed by atoms with Gasteiger partial charge < -0.3 is 9.47 Å². The minimum atomic E-state index is -0.260. The number of nitrogens with one attached hydrogen (secondary N) is 1. The molecular weight excluding hydrogens is 278 g/mol. The third-order valence-electron chi connectivity index (χ3n) is 3.97. The smallest absolute Gasteiger partial charge is 0.228 e. The molecule has 5 nitrogen and oxygen atoms in total. The lowest BCUT2D eigenvalue weighted by Gasteiger charge is -2.17. The molecule has 0 atom stereocenters. The predicted molar refractivity (Wildman–Crippen MR) is 89.1 cm³/mol. The summed E-state index contributed by atoms with van der Waals surface area (Å²) in [6.45, 7) is 4.93. The van der Waals surface area contributed by atoms with Gasteiger partial charge in [-0.3, -0.25) is 14.9 Å². The van der Waals surface area contributed by atoms with E-state index >= 15 is 0 Å². The van der Waals surface area contributed by atoms with Gasteiger partial charge in [-0.05, 0) is 17.5 Å². The molecule has 0 fully saturated rings. The maximum absolute atomic E-state index is 11.4. The lowest BCUT2D eigenvalue weighted by Crippen LogP contribution is -2.27. The number of aryl methyl sites for hydroxylation is 1. The summed E-state index contributed by atoms with van der Waals surface area (Å²) in [7, 11) is 3.99. The van der Waals surface area contributed by atoms with Crippen molar-refractivity contribution in [2.75, 3.05) is 18.5 Å². The fourth-order valence-corrected chi connectivity index (χ4v) is 2.57. The molecule has 0 spiro atoms. The molecule has 0 bridgehead atoms. The van der Waals surface area contributed by atoms with Crippen LogP contribution in [-0.2, 0) is 16.6 Å². The summed E-state index contributed by atoms with van der Waals surface area (Å²) in [4.78, 5) is 23.7. The second-order valence-corrected chi connectivity index (χ2v) is 5.91. The number of hydrogen-bond acceptors (Lipinski definition) is 3. The lowest BCUT2D eigenvalue weighted by molar-refractivity contribution is -0.125. The molecule has 0 unspecified atom stereocenters. The van der Waals surface area contributed by atoms with E-state index < -0.39 is 0 Å². The van der Waals surface area contributed by atoms with Crippen molar-refractivity contribution in [2.45, 2.75) is 26.2 Å². The molecule has 5 heteroatoms. The Morgan fingerprint density at radius 2 is 2.14 bits per heavy atom. The number of fused-ring (bicyclic) bond motifs is 1. The maximum atomic E-state index is 11.4. The molecule has 1 aromatic carbocycles. The molecular formula is C17H23N3O2. The number of rotatable bonds is 6. The second-order valence-electron chi connectivity index (χ2n) is 5.91. The average molecular weight is 301 g/mol. The molecule has 0 saturated carbocycles. The van der Waals surface area contributed by atoms with Crippen LogP contribution in [0.5, 0.6) is 0 Å². The van der Waals surface area contributed by atoms with Gasteiger partial charge in [0.1, 0.15) is 0 Å². The Balaban J connectivity index is 2.24. The highest BCUT2D eigenvalue weighted by molar-refractivity contribution is 5.94. The van der Waals surface area contributed by atoms with Crippen LogP contribution in [0.1, 0.15) is 31.7 Å². The first kappa shape index (κ1) is 16.1. The van der Waals surface area contributed by atoms with Gasteiger partial charge in [0.25, 0.3) is 0 Å². The van der Waals surface area contributed by atoms with Crippen LogP contribution in [0.15, 0.2) is 24.4 Å². The first-order valence-corrected chi connectivity index (χ1v) is 7.47. The van der Waals surface area contributed by atoms with Crippen molar-refractivity contribution in [3.8, 4) is 0 Å². The molecule has 1 heterocycles. The van der Waals surface area contributed by atoms with E-state index in [4.69, 9.17) is 0 Å². The van der Waals surface area contributed by atoms with E-state index in [9.17, 15) is 9.59 Å². The van der Waals surface area contributed by atoms with Gasteiger partial charge >= 0.3 is 0 Å². The number of benzene rings is 1. The van der Waals surface area contributed by atoms with Crippen molar-refractivity contribution < 1.29 is 9.59 Å². The zero-order valence-electron chi connectivity index (χ0n) is 13.6. The fourth-order valence-electron chi connectivity index (χ4n) is 2.57. The van der Waals surface area contributed by atoms with Gasteiger partial charge in [0.15, 0.2) is 0 Å². The summed E-state index contributed by atoms with van der Waals surface area (Å²) in [6.07, 6.45) is 2.79. The Bertz CT molecular complexity index is 689. The van der Waals surface area contributed by atoms with Crippen molar-refractivity contribution >= 4 is 28.9 Å². The number of aromatic nitrogens is 1. The molecule has 1 N–H and O–H groups in total. The summed E-state index contributed by atoms with van der Waals surface area (Å²) in [6, 6.07) is 6.52. The summed E-state index contributed by atoms with van der Waals surface area (Å²) >= 11 is 0. The maximum Gasteiger partial charge on any atom is 0.228 e. The quantitative estimate of drug-likeness (QED) is 0.834. The van der Waals surface area contributed by atoms with Crippen molar-refractivity contribution in [1.82, 2.24) is 9.88 Å². The van der Waals surface area contributed by atoms with Crippen LogP contribution in [0.3, 0.4) is 0 Å². The molecule has 22 heavy (non-hydrogen) atoms. The average Bonchev–Trinajstić information content (AvgIpc) is 2.82. The van der Waals surface area contributed by atoms with Gasteiger partial charge in [0, 0.05) is 38.6 Å². The van der Waals surface area contributed by atoms with Gasteiger partial charge in [0.05, 0.1) is 11.2 Å². The number of anilines is 1. The third-order valence-corrected chi connectivity index (χ3v) is 3.97. The number of imide groups is 1. The van der Waals surface area contributed by atoms with Crippen molar-refractivity contribution in [3.05, 3.63) is 30.0 Å². The fraction of sp³-hybridized carbons (Fsp3) is 0.412. The molecule has 2 rings (SSSR count). The number of carbonyl (C=O) groups is 2. The molecule has 2 aromatic rings. The summed E-state index contributed by atoms with van der Waals surface area (Å²) in [5.74, 6) is 0.233. The Labute approximate surface area is 130 Å².